The summed E-state index contributed by atoms with van der Waals surface area (Å²) in [5.41, 5.74) is 0.955. The number of aromatic nitrogens is 2. The minimum absolute atomic E-state index is 0.436. The Morgan fingerprint density at radius 2 is 1.19 bits per heavy atom. The molecule has 0 bridgehead atoms. The van der Waals surface area contributed by atoms with Crippen LogP contribution in [-0.4, -0.2) is 56.5 Å². The summed E-state index contributed by atoms with van der Waals surface area (Å²) in [6, 6.07) is 8.04. The van der Waals surface area contributed by atoms with Crippen LogP contribution >= 0.6 is 0 Å². The molecule has 3 aromatic rings. The average Bonchev–Trinajstić information content (AvgIpc) is 3.17. The van der Waals surface area contributed by atoms with E-state index in [1.165, 1.54) is 0 Å². The van der Waals surface area contributed by atoms with E-state index in [4.69, 9.17) is 28.6 Å². The molecule has 4 heterocycles. The highest BCUT2D eigenvalue weighted by atomic mass is 28.1. The molecule has 2 fully saturated rings. The molecule has 0 aliphatic carbocycles. The SMILES string of the molecule is C/C=c1/c(B2OC(C)(C)C(C)(C)O2)ccn/c1=c1/c(=[Si])ccc2c(B3OC(C)(C)C(C)(C)O3)ccnc12. The quantitative estimate of drug-likeness (QED) is 0.493. The van der Waals surface area contributed by atoms with Crippen molar-refractivity contribution in [3.63, 3.8) is 0 Å². The largest absolute Gasteiger partial charge is 0.495 e. The van der Waals surface area contributed by atoms with Crippen molar-refractivity contribution in [1.82, 2.24) is 9.97 Å². The maximum absolute atomic E-state index is 6.40. The fourth-order valence-electron chi connectivity index (χ4n) is 4.82. The molecule has 0 N–H and O–H groups in total. The molecule has 0 atom stereocenters. The van der Waals surface area contributed by atoms with E-state index in [-0.39, 0.29) is 0 Å². The maximum Gasteiger partial charge on any atom is 0.495 e. The summed E-state index contributed by atoms with van der Waals surface area (Å²) >= 11 is 0. The zero-order valence-electron chi connectivity index (χ0n) is 23.2. The molecule has 2 radical (unpaired) electrons. The minimum atomic E-state index is -0.501. The van der Waals surface area contributed by atoms with Crippen LogP contribution in [0.25, 0.3) is 17.0 Å². The Morgan fingerprint density at radius 1 is 0.703 bits per heavy atom. The van der Waals surface area contributed by atoms with Gasteiger partial charge in [0.15, 0.2) is 0 Å². The van der Waals surface area contributed by atoms with Gasteiger partial charge in [0.2, 0.25) is 0 Å². The summed E-state index contributed by atoms with van der Waals surface area (Å²) in [5, 5.41) is 3.63. The Hall–Kier alpha value is -2.16. The van der Waals surface area contributed by atoms with Gasteiger partial charge in [-0.15, -0.1) is 0 Å². The van der Waals surface area contributed by atoms with Gasteiger partial charge in [-0.25, -0.2) is 0 Å². The lowest BCUT2D eigenvalue weighted by atomic mass is 9.76. The van der Waals surface area contributed by atoms with Crippen LogP contribution < -0.4 is 16.1 Å². The van der Waals surface area contributed by atoms with E-state index in [2.05, 4.69) is 77.4 Å². The molecule has 2 saturated heterocycles. The van der Waals surface area contributed by atoms with Crippen LogP contribution in [0.4, 0.5) is 0 Å². The zero-order chi connectivity index (χ0) is 27.0. The van der Waals surface area contributed by atoms with E-state index in [1.54, 1.807) is 0 Å². The van der Waals surface area contributed by atoms with Gasteiger partial charge in [-0.3, -0.25) is 9.97 Å². The van der Waals surface area contributed by atoms with Gasteiger partial charge in [0, 0.05) is 32.9 Å². The van der Waals surface area contributed by atoms with Crippen LogP contribution in [0.1, 0.15) is 62.3 Å². The summed E-state index contributed by atoms with van der Waals surface area (Å²) in [4.78, 5) is 10.5. The number of hydrogen-bond acceptors (Lipinski definition) is 6. The highest BCUT2D eigenvalue weighted by Gasteiger charge is 2.53. The first-order valence-electron chi connectivity index (χ1n) is 12.8. The monoisotopic (exact) mass is 512 g/mol. The molecule has 0 saturated carbocycles. The molecule has 37 heavy (non-hydrogen) atoms. The molecule has 2 aliphatic heterocycles. The van der Waals surface area contributed by atoms with Gasteiger partial charge < -0.3 is 18.6 Å². The normalized spacial score (nSPS) is 23.2. The first-order chi connectivity index (χ1) is 17.2. The molecular weight excluding hydrogens is 478 g/mol. The van der Waals surface area contributed by atoms with E-state index in [0.717, 1.165) is 42.4 Å². The second-order valence-corrected chi connectivity index (χ2v) is 12.5. The summed E-state index contributed by atoms with van der Waals surface area (Å²) in [5.74, 6) is 0. The van der Waals surface area contributed by atoms with Crippen LogP contribution in [-0.2, 0) is 18.6 Å². The van der Waals surface area contributed by atoms with Crippen LogP contribution in [0.3, 0.4) is 0 Å². The van der Waals surface area contributed by atoms with Crippen LogP contribution in [0.5, 0.6) is 0 Å². The highest BCUT2D eigenvalue weighted by molar-refractivity contribution is 6.65. The Labute approximate surface area is 222 Å². The molecule has 0 spiro atoms. The number of nitrogens with zero attached hydrogens (tertiary/aromatic N) is 2. The van der Waals surface area contributed by atoms with E-state index in [1.807, 2.05) is 37.5 Å². The number of hydrogen-bond donors (Lipinski definition) is 0. The fourth-order valence-corrected chi connectivity index (χ4v) is 5.14. The Morgan fingerprint density at radius 3 is 1.73 bits per heavy atom. The number of benzene rings is 1. The average molecular weight is 512 g/mol. The number of rotatable bonds is 2. The van der Waals surface area contributed by atoms with Crippen molar-refractivity contribution in [3.05, 3.63) is 57.3 Å². The second-order valence-electron chi connectivity index (χ2n) is 11.9. The van der Waals surface area contributed by atoms with Crippen LogP contribution in [0.2, 0.25) is 0 Å². The molecule has 2 aromatic heterocycles. The standard InChI is InChI=1S/C28H34B2N2O4Si/c1-10-17-19(29-33-25(2,3)26(4,5)34-29)13-15-31-23(17)22-21(37)12-11-18-20(14-16-32-24(18)22)30-35-27(6,7)28(8,9)36-30/h10-16H,1-9H3/b17-10-,23-22-. The summed E-state index contributed by atoms with van der Waals surface area (Å²) in [6.45, 7) is 18.5. The minimum Gasteiger partial charge on any atom is -0.399 e. The first-order valence-corrected chi connectivity index (χ1v) is 13.3. The highest BCUT2D eigenvalue weighted by Crippen LogP contribution is 2.37. The lowest BCUT2D eigenvalue weighted by Crippen LogP contribution is -2.44. The van der Waals surface area contributed by atoms with Crippen molar-refractivity contribution >= 4 is 52.0 Å². The fraction of sp³-hybridized carbons (Fsp3) is 0.464. The Kier molecular flexibility index (Phi) is 6.20. The van der Waals surface area contributed by atoms with Gasteiger partial charge in [-0.05, 0) is 95.4 Å². The molecule has 6 nitrogen and oxygen atoms in total. The third-order valence-corrected chi connectivity index (χ3v) is 8.93. The summed E-state index contributed by atoms with van der Waals surface area (Å²) in [6.07, 6.45) is 5.68. The predicted octanol–water partition coefficient (Wildman–Crippen LogP) is 2.73. The molecule has 0 amide bonds. The van der Waals surface area contributed by atoms with Crippen molar-refractivity contribution in [2.45, 2.75) is 84.7 Å². The van der Waals surface area contributed by atoms with Gasteiger partial charge in [-0.1, -0.05) is 18.2 Å². The topological polar surface area (TPSA) is 62.7 Å². The Balaban J connectivity index is 1.78. The van der Waals surface area contributed by atoms with Crippen molar-refractivity contribution in [3.8, 4) is 0 Å². The molecular formula is C28H34B2N2O4Si. The van der Waals surface area contributed by atoms with Crippen LogP contribution in [0.15, 0.2) is 36.7 Å². The smallest absolute Gasteiger partial charge is 0.399 e. The lowest BCUT2D eigenvalue weighted by molar-refractivity contribution is 0.00578. The van der Waals surface area contributed by atoms with Crippen molar-refractivity contribution < 1.29 is 18.6 Å². The summed E-state index contributed by atoms with van der Waals surface area (Å²) in [7, 11) is 2.85. The van der Waals surface area contributed by atoms with Crippen LogP contribution in [0, 0.1) is 15.4 Å². The first kappa shape index (κ1) is 26.4. The molecule has 0 unspecified atom stereocenters. The van der Waals surface area contributed by atoms with E-state index in [0.29, 0.717) is 0 Å². The van der Waals surface area contributed by atoms with Crippen molar-refractivity contribution in [1.29, 1.82) is 0 Å². The third kappa shape index (κ3) is 4.16. The molecule has 1 aromatic carbocycles. The Bertz CT molecular complexity index is 1570. The van der Waals surface area contributed by atoms with Crippen molar-refractivity contribution in [2.24, 2.45) is 0 Å². The number of fused-ring (bicyclic) bond motifs is 1. The maximum atomic E-state index is 6.40. The van der Waals surface area contributed by atoms with Gasteiger partial charge in [0.05, 0.1) is 33.3 Å². The molecule has 5 rings (SSSR count). The van der Waals surface area contributed by atoms with E-state index >= 15 is 0 Å². The molecule has 190 valence electrons. The van der Waals surface area contributed by atoms with E-state index in [9.17, 15) is 0 Å². The second kappa shape index (κ2) is 8.68. The zero-order valence-corrected chi connectivity index (χ0v) is 24.2. The number of pyridine rings is 2. The summed E-state index contributed by atoms with van der Waals surface area (Å²) < 4.78 is 25.6. The van der Waals surface area contributed by atoms with Gasteiger partial charge >= 0.3 is 14.2 Å². The van der Waals surface area contributed by atoms with Crippen molar-refractivity contribution in [2.75, 3.05) is 0 Å². The predicted molar refractivity (Wildman–Crippen MR) is 149 cm³/mol. The van der Waals surface area contributed by atoms with Gasteiger partial charge in [0.25, 0.3) is 0 Å². The van der Waals surface area contributed by atoms with Gasteiger partial charge in [0.1, 0.15) is 0 Å². The molecule has 9 heteroatoms. The molecule has 2 aliphatic rings. The lowest BCUT2D eigenvalue weighted by Gasteiger charge is -2.32. The van der Waals surface area contributed by atoms with E-state index < -0.39 is 36.6 Å². The third-order valence-electron chi connectivity index (χ3n) is 8.51. The van der Waals surface area contributed by atoms with Gasteiger partial charge in [-0.2, -0.15) is 0 Å².